The molecule has 0 bridgehead atoms. The topological polar surface area (TPSA) is 103 Å². The van der Waals surface area contributed by atoms with E-state index in [0.717, 1.165) is 43.6 Å². The van der Waals surface area contributed by atoms with E-state index in [1.54, 1.807) is 7.11 Å². The van der Waals surface area contributed by atoms with Crippen molar-refractivity contribution in [1.29, 1.82) is 0 Å². The molecule has 41 heavy (non-hydrogen) atoms. The van der Waals surface area contributed by atoms with Crippen LogP contribution in [0.2, 0.25) is 0 Å². The van der Waals surface area contributed by atoms with Crippen molar-refractivity contribution in [2.75, 3.05) is 124 Å². The van der Waals surface area contributed by atoms with Crippen LogP contribution in [0.4, 0.5) is 0 Å². The SMILES string of the molecule is COCCOCCOCCOCCOCCOCCOCCOCCNC(=O)CCCCCCC(S)C(CS)CS. The third kappa shape index (κ3) is 31.4. The lowest BCUT2D eigenvalue weighted by Gasteiger charge is -2.19. The molecule has 1 unspecified atom stereocenters. The van der Waals surface area contributed by atoms with Crippen LogP contribution in [0.5, 0.6) is 0 Å². The standard InChI is InChI=1S/C28H57NO9S3/c1-31-10-11-33-14-15-35-18-19-37-22-23-38-21-20-36-17-16-34-13-12-32-9-8-29-28(30)7-5-3-2-4-6-27(41)26(24-39)25-40/h26-27,39-41H,2-25H2,1H3,(H,29,30). The van der Waals surface area contributed by atoms with Crippen molar-refractivity contribution < 1.29 is 42.7 Å². The van der Waals surface area contributed by atoms with Gasteiger partial charge < -0.3 is 43.2 Å². The number of nitrogens with one attached hydrogen (secondary N) is 1. The highest BCUT2D eigenvalue weighted by atomic mass is 32.1. The predicted molar refractivity (Wildman–Crippen MR) is 172 cm³/mol. The van der Waals surface area contributed by atoms with Gasteiger partial charge in [-0.05, 0) is 30.3 Å². The summed E-state index contributed by atoms with van der Waals surface area (Å²) in [6.07, 6.45) is 5.86. The molecule has 0 aromatic heterocycles. The van der Waals surface area contributed by atoms with Gasteiger partial charge in [-0.1, -0.05) is 19.3 Å². The molecule has 0 fully saturated rings. The molecular weight excluding hydrogens is 591 g/mol. The summed E-state index contributed by atoms with van der Waals surface area (Å²) in [6, 6.07) is 0. The summed E-state index contributed by atoms with van der Waals surface area (Å²) in [6.45, 7) is 8.38. The molecule has 13 heteroatoms. The lowest BCUT2D eigenvalue weighted by atomic mass is 10.0. The lowest BCUT2D eigenvalue weighted by Crippen LogP contribution is -2.27. The van der Waals surface area contributed by atoms with Crippen LogP contribution in [-0.2, 0) is 42.7 Å². The second-order valence-electron chi connectivity index (χ2n) is 9.27. The normalized spacial score (nSPS) is 12.3. The molecule has 0 aliphatic rings. The van der Waals surface area contributed by atoms with Crippen LogP contribution in [0.25, 0.3) is 0 Å². The van der Waals surface area contributed by atoms with Crippen LogP contribution < -0.4 is 5.32 Å². The Hall–Kier alpha value is 0.200. The maximum absolute atomic E-state index is 11.9. The van der Waals surface area contributed by atoms with Crippen molar-refractivity contribution in [1.82, 2.24) is 5.32 Å². The average Bonchev–Trinajstić information content (AvgIpc) is 2.97. The first-order valence-corrected chi connectivity index (χ1v) is 16.6. The molecule has 246 valence electrons. The molecule has 0 saturated heterocycles. The minimum atomic E-state index is 0.0805. The summed E-state index contributed by atoms with van der Waals surface area (Å²) >= 11 is 13.4. The third-order valence-electron chi connectivity index (χ3n) is 5.90. The van der Waals surface area contributed by atoms with Crippen LogP contribution in [0.15, 0.2) is 0 Å². The maximum atomic E-state index is 11.9. The summed E-state index contributed by atoms with van der Waals surface area (Å²) in [5.74, 6) is 2.18. The quantitative estimate of drug-likeness (QED) is 0.0621. The number of methoxy groups -OCH3 is 1. The summed E-state index contributed by atoms with van der Waals surface area (Å²) in [5.41, 5.74) is 0. The number of unbranched alkanes of at least 4 members (excludes halogenated alkanes) is 3. The molecule has 1 atom stereocenters. The van der Waals surface area contributed by atoms with Crippen molar-refractivity contribution in [3.8, 4) is 0 Å². The van der Waals surface area contributed by atoms with Gasteiger partial charge in [-0.25, -0.2) is 0 Å². The van der Waals surface area contributed by atoms with Gasteiger partial charge in [0.1, 0.15) is 0 Å². The highest BCUT2D eigenvalue weighted by Crippen LogP contribution is 2.20. The first-order chi connectivity index (χ1) is 20.2. The number of hydrogen-bond acceptors (Lipinski definition) is 12. The van der Waals surface area contributed by atoms with E-state index >= 15 is 0 Å². The smallest absolute Gasteiger partial charge is 0.220 e. The van der Waals surface area contributed by atoms with Crippen LogP contribution in [0.1, 0.15) is 38.5 Å². The zero-order valence-corrected chi connectivity index (χ0v) is 27.8. The number of carbonyl (C=O) groups is 1. The fourth-order valence-corrected chi connectivity index (χ4v) is 5.14. The fourth-order valence-electron chi connectivity index (χ4n) is 3.44. The zero-order valence-electron chi connectivity index (χ0n) is 25.1. The largest absolute Gasteiger partial charge is 0.382 e. The highest BCUT2D eigenvalue weighted by molar-refractivity contribution is 7.82. The first kappa shape index (κ1) is 41.2. The van der Waals surface area contributed by atoms with Crippen molar-refractivity contribution in [3.05, 3.63) is 0 Å². The van der Waals surface area contributed by atoms with Crippen molar-refractivity contribution in [2.24, 2.45) is 5.92 Å². The van der Waals surface area contributed by atoms with E-state index in [1.165, 1.54) is 0 Å². The van der Waals surface area contributed by atoms with Gasteiger partial charge >= 0.3 is 0 Å². The molecule has 1 N–H and O–H groups in total. The van der Waals surface area contributed by atoms with Crippen molar-refractivity contribution >= 4 is 43.8 Å². The van der Waals surface area contributed by atoms with Crippen molar-refractivity contribution in [3.63, 3.8) is 0 Å². The van der Waals surface area contributed by atoms with E-state index in [9.17, 15) is 4.79 Å². The van der Waals surface area contributed by atoms with E-state index in [4.69, 9.17) is 37.9 Å². The van der Waals surface area contributed by atoms with Crippen LogP contribution in [0.3, 0.4) is 0 Å². The van der Waals surface area contributed by atoms with Crippen molar-refractivity contribution in [2.45, 2.75) is 43.8 Å². The first-order valence-electron chi connectivity index (χ1n) is 14.8. The third-order valence-corrected chi connectivity index (χ3v) is 7.52. The number of rotatable bonds is 34. The van der Waals surface area contributed by atoms with E-state index in [2.05, 4.69) is 43.2 Å². The minimum absolute atomic E-state index is 0.0805. The molecule has 0 heterocycles. The second-order valence-corrected chi connectivity index (χ2v) is 10.7. The fraction of sp³-hybridized carbons (Fsp3) is 0.964. The summed E-state index contributed by atoms with van der Waals surface area (Å²) in [5, 5.41) is 3.26. The van der Waals surface area contributed by atoms with Gasteiger partial charge in [0, 0.05) is 25.3 Å². The van der Waals surface area contributed by atoms with E-state index in [-0.39, 0.29) is 5.91 Å². The zero-order chi connectivity index (χ0) is 30.1. The molecule has 0 spiro atoms. The Bertz CT molecular complexity index is 538. The van der Waals surface area contributed by atoms with E-state index < -0.39 is 0 Å². The Morgan fingerprint density at radius 3 is 1.39 bits per heavy atom. The van der Waals surface area contributed by atoms with Gasteiger partial charge in [0.2, 0.25) is 5.91 Å². The monoisotopic (exact) mass is 647 g/mol. The summed E-state index contributed by atoms with van der Waals surface area (Å²) < 4.78 is 42.9. The van der Waals surface area contributed by atoms with Gasteiger partial charge in [0.25, 0.3) is 0 Å². The Labute approximate surface area is 265 Å². The molecule has 0 aliphatic heterocycles. The van der Waals surface area contributed by atoms with Gasteiger partial charge in [-0.15, -0.1) is 0 Å². The number of hydrogen-bond donors (Lipinski definition) is 4. The number of thiol groups is 3. The lowest BCUT2D eigenvalue weighted by molar-refractivity contribution is -0.121. The molecule has 0 aromatic rings. The Morgan fingerprint density at radius 2 is 0.976 bits per heavy atom. The maximum Gasteiger partial charge on any atom is 0.220 e. The average molecular weight is 648 g/mol. The summed E-state index contributed by atoms with van der Waals surface area (Å²) in [4.78, 5) is 11.9. The Kier molecular flexibility index (Phi) is 34.9. The Balaban J connectivity index is 3.20. The van der Waals surface area contributed by atoms with Crippen LogP contribution >= 0.6 is 37.9 Å². The van der Waals surface area contributed by atoms with Gasteiger partial charge in [-0.2, -0.15) is 37.9 Å². The van der Waals surface area contributed by atoms with E-state index in [1.807, 2.05) is 0 Å². The molecule has 1 amide bonds. The highest BCUT2D eigenvalue weighted by Gasteiger charge is 2.14. The molecule has 0 rings (SSSR count). The predicted octanol–water partition coefficient (Wildman–Crippen LogP) is 2.98. The molecule has 0 radical (unpaired) electrons. The van der Waals surface area contributed by atoms with Gasteiger partial charge in [0.15, 0.2) is 0 Å². The van der Waals surface area contributed by atoms with E-state index in [0.29, 0.717) is 123 Å². The van der Waals surface area contributed by atoms with Crippen LogP contribution in [-0.4, -0.2) is 135 Å². The molecule has 10 nitrogen and oxygen atoms in total. The second kappa shape index (κ2) is 34.7. The van der Waals surface area contributed by atoms with Gasteiger partial charge in [0.05, 0.1) is 99.1 Å². The molecule has 0 saturated carbocycles. The number of carbonyl (C=O) groups excluding carboxylic acids is 1. The molecule has 0 aromatic carbocycles. The Morgan fingerprint density at radius 1 is 0.585 bits per heavy atom. The van der Waals surface area contributed by atoms with Gasteiger partial charge in [-0.3, -0.25) is 4.79 Å². The summed E-state index contributed by atoms with van der Waals surface area (Å²) in [7, 11) is 1.64. The number of ether oxygens (including phenoxy) is 8. The molecular formula is C28H57NO9S3. The molecule has 0 aliphatic carbocycles. The number of amides is 1. The van der Waals surface area contributed by atoms with Crippen LogP contribution in [0, 0.1) is 5.92 Å². The minimum Gasteiger partial charge on any atom is -0.382 e.